The van der Waals surface area contributed by atoms with Gasteiger partial charge in [-0.05, 0) is 19.3 Å². The fraction of sp³-hybridized carbons (Fsp3) is 0.750. The summed E-state index contributed by atoms with van der Waals surface area (Å²) in [5.41, 5.74) is -0.305. The molecule has 7 nitrogen and oxygen atoms in total. The number of β-amino-alcohol motifs (C(OH)–C–C–N with tert-alkyl or cyclic N) is 1. The lowest BCUT2D eigenvalue weighted by Crippen LogP contribution is -2.43. The van der Waals surface area contributed by atoms with Crippen molar-refractivity contribution < 1.29 is 15.0 Å². The van der Waals surface area contributed by atoms with E-state index in [2.05, 4.69) is 9.88 Å². The van der Waals surface area contributed by atoms with Crippen molar-refractivity contribution in [2.24, 2.45) is 5.41 Å². The Labute approximate surface area is 136 Å². The molecule has 1 aliphatic carbocycles. The van der Waals surface area contributed by atoms with Crippen LogP contribution in [0.3, 0.4) is 0 Å². The molecule has 2 N–H and O–H groups in total. The van der Waals surface area contributed by atoms with E-state index in [1.807, 2.05) is 15.7 Å². The molecule has 1 aromatic heterocycles. The van der Waals surface area contributed by atoms with Crippen LogP contribution in [-0.4, -0.2) is 80.9 Å². The maximum atomic E-state index is 13.0. The largest absolute Gasteiger partial charge is 0.396 e. The van der Waals surface area contributed by atoms with Gasteiger partial charge in [-0.2, -0.15) is 0 Å². The number of nitrogens with zero attached hydrogens (tertiary/aromatic N) is 4. The Hall–Kier alpha value is -1.44. The second-order valence-corrected chi connectivity index (χ2v) is 6.80. The van der Waals surface area contributed by atoms with Gasteiger partial charge in [0.1, 0.15) is 0 Å². The minimum Gasteiger partial charge on any atom is -0.396 e. The van der Waals surface area contributed by atoms with Crippen LogP contribution in [0.2, 0.25) is 0 Å². The smallest absolute Gasteiger partial charge is 0.230 e. The highest BCUT2D eigenvalue weighted by Gasteiger charge is 2.52. The summed E-state index contributed by atoms with van der Waals surface area (Å²) in [5, 5.41) is 19.2. The second-order valence-electron chi connectivity index (χ2n) is 6.80. The Balaban J connectivity index is 1.61. The average molecular weight is 322 g/mol. The van der Waals surface area contributed by atoms with Gasteiger partial charge in [0.05, 0.1) is 17.8 Å². The fourth-order valence-electron chi connectivity index (χ4n) is 3.39. The predicted molar refractivity (Wildman–Crippen MR) is 84.6 cm³/mol. The first kappa shape index (κ1) is 16.4. The first-order valence-electron chi connectivity index (χ1n) is 8.39. The number of aromatic nitrogens is 2. The molecule has 2 heterocycles. The van der Waals surface area contributed by atoms with E-state index in [1.54, 1.807) is 12.5 Å². The van der Waals surface area contributed by atoms with Crippen molar-refractivity contribution >= 4 is 5.91 Å². The minimum atomic E-state index is -0.524. The number of aliphatic hydroxyl groups excluding tert-OH is 2. The van der Waals surface area contributed by atoms with E-state index in [0.29, 0.717) is 32.6 Å². The number of hydrogen-bond acceptors (Lipinski definition) is 5. The van der Waals surface area contributed by atoms with E-state index in [1.165, 1.54) is 0 Å². The molecule has 3 rings (SSSR count). The normalized spacial score (nSPS) is 24.4. The Morgan fingerprint density at radius 1 is 1.30 bits per heavy atom. The first-order chi connectivity index (χ1) is 11.1. The summed E-state index contributed by atoms with van der Waals surface area (Å²) in [6.07, 6.45) is 7.36. The molecule has 1 amide bonds. The van der Waals surface area contributed by atoms with Crippen LogP contribution < -0.4 is 0 Å². The Morgan fingerprint density at radius 3 is 2.78 bits per heavy atom. The van der Waals surface area contributed by atoms with Gasteiger partial charge in [-0.3, -0.25) is 9.69 Å². The van der Waals surface area contributed by atoms with E-state index in [0.717, 1.165) is 25.9 Å². The SMILES string of the molecule is O=C(N1CCN(CCCO)C[C@H](O)C1)C1(Cn2ccnc2)CC1. The molecule has 0 unspecified atom stereocenters. The highest BCUT2D eigenvalue weighted by Crippen LogP contribution is 2.48. The average Bonchev–Trinajstić information content (AvgIpc) is 3.19. The third-order valence-electron chi connectivity index (χ3n) is 4.86. The Kier molecular flexibility index (Phi) is 4.99. The molecule has 0 spiro atoms. The maximum Gasteiger partial charge on any atom is 0.230 e. The van der Waals surface area contributed by atoms with E-state index >= 15 is 0 Å². The summed E-state index contributed by atoms with van der Waals surface area (Å²) in [6.45, 7) is 3.96. The zero-order chi connectivity index (χ0) is 16.3. The molecule has 1 aliphatic heterocycles. The molecule has 2 fully saturated rings. The zero-order valence-electron chi connectivity index (χ0n) is 13.5. The third kappa shape index (κ3) is 3.91. The fourth-order valence-corrected chi connectivity index (χ4v) is 3.39. The van der Waals surface area contributed by atoms with Gasteiger partial charge in [0.15, 0.2) is 0 Å². The van der Waals surface area contributed by atoms with E-state index in [9.17, 15) is 9.90 Å². The Bertz CT molecular complexity index is 515. The maximum absolute atomic E-state index is 13.0. The summed E-state index contributed by atoms with van der Waals surface area (Å²) < 4.78 is 1.96. The van der Waals surface area contributed by atoms with Crippen LogP contribution in [0.15, 0.2) is 18.7 Å². The van der Waals surface area contributed by atoms with Gasteiger partial charge in [-0.15, -0.1) is 0 Å². The third-order valence-corrected chi connectivity index (χ3v) is 4.86. The molecule has 1 saturated carbocycles. The van der Waals surface area contributed by atoms with Crippen molar-refractivity contribution in [3.05, 3.63) is 18.7 Å². The number of imidazole rings is 1. The molecule has 128 valence electrons. The van der Waals surface area contributed by atoms with E-state index < -0.39 is 6.10 Å². The van der Waals surface area contributed by atoms with Crippen LogP contribution in [0.1, 0.15) is 19.3 Å². The number of aliphatic hydroxyl groups is 2. The van der Waals surface area contributed by atoms with Crippen LogP contribution in [0, 0.1) is 5.41 Å². The summed E-state index contributed by atoms with van der Waals surface area (Å²) in [5.74, 6) is 0.161. The minimum absolute atomic E-state index is 0.156. The van der Waals surface area contributed by atoms with Crippen molar-refractivity contribution in [2.75, 3.05) is 39.3 Å². The van der Waals surface area contributed by atoms with Gasteiger partial charge < -0.3 is 19.7 Å². The molecule has 7 heteroatoms. The first-order valence-corrected chi connectivity index (χ1v) is 8.39. The standard InChI is InChI=1S/C16H26N4O3/c21-9-1-5-18-7-8-20(11-14(22)10-18)15(23)16(2-3-16)12-19-6-4-17-13-19/h4,6,13-14,21-22H,1-3,5,7-12H2/t14-/m0/s1. The molecule has 1 aromatic rings. The summed E-state index contributed by atoms with van der Waals surface area (Å²) in [4.78, 5) is 20.9. The molecule has 0 aromatic carbocycles. The number of carbonyl (C=O) groups is 1. The molecule has 1 atom stereocenters. The van der Waals surface area contributed by atoms with Gasteiger partial charge in [0.2, 0.25) is 5.91 Å². The van der Waals surface area contributed by atoms with Gasteiger partial charge in [-0.1, -0.05) is 0 Å². The van der Waals surface area contributed by atoms with Crippen LogP contribution in [0.25, 0.3) is 0 Å². The van der Waals surface area contributed by atoms with Gasteiger partial charge in [-0.25, -0.2) is 4.98 Å². The topological polar surface area (TPSA) is 81.8 Å². The van der Waals surface area contributed by atoms with Crippen molar-refractivity contribution in [3.8, 4) is 0 Å². The number of carbonyl (C=O) groups excluding carboxylic acids is 1. The van der Waals surface area contributed by atoms with E-state index in [-0.39, 0.29) is 17.9 Å². The molecule has 0 bridgehead atoms. The second kappa shape index (κ2) is 6.98. The highest BCUT2D eigenvalue weighted by atomic mass is 16.3. The monoisotopic (exact) mass is 322 g/mol. The molecular weight excluding hydrogens is 296 g/mol. The van der Waals surface area contributed by atoms with Crippen molar-refractivity contribution in [1.29, 1.82) is 0 Å². The van der Waals surface area contributed by atoms with E-state index in [4.69, 9.17) is 5.11 Å². The lowest BCUT2D eigenvalue weighted by molar-refractivity contribution is -0.138. The quantitative estimate of drug-likeness (QED) is 0.741. The molecular formula is C16H26N4O3. The van der Waals surface area contributed by atoms with Crippen LogP contribution in [-0.2, 0) is 11.3 Å². The number of rotatable bonds is 6. The molecule has 0 radical (unpaired) electrons. The van der Waals surface area contributed by atoms with Crippen molar-refractivity contribution in [3.63, 3.8) is 0 Å². The molecule has 23 heavy (non-hydrogen) atoms. The summed E-state index contributed by atoms with van der Waals surface area (Å²) in [7, 11) is 0. The van der Waals surface area contributed by atoms with Gasteiger partial charge >= 0.3 is 0 Å². The molecule has 1 saturated heterocycles. The number of amides is 1. The summed E-state index contributed by atoms with van der Waals surface area (Å²) >= 11 is 0. The zero-order valence-corrected chi connectivity index (χ0v) is 13.5. The summed E-state index contributed by atoms with van der Waals surface area (Å²) in [6, 6.07) is 0. The lowest BCUT2D eigenvalue weighted by Gasteiger charge is -2.27. The van der Waals surface area contributed by atoms with Gasteiger partial charge in [0.25, 0.3) is 0 Å². The predicted octanol–water partition coefficient (Wildman–Crippen LogP) is -0.449. The van der Waals surface area contributed by atoms with Crippen LogP contribution in [0.4, 0.5) is 0 Å². The number of hydrogen-bond donors (Lipinski definition) is 2. The van der Waals surface area contributed by atoms with Gasteiger partial charge in [0, 0.05) is 58.3 Å². The van der Waals surface area contributed by atoms with Crippen LogP contribution in [0.5, 0.6) is 0 Å². The lowest BCUT2D eigenvalue weighted by atomic mass is 10.0. The van der Waals surface area contributed by atoms with Crippen molar-refractivity contribution in [1.82, 2.24) is 19.4 Å². The highest BCUT2D eigenvalue weighted by molar-refractivity contribution is 5.85. The Morgan fingerprint density at radius 2 is 2.13 bits per heavy atom. The van der Waals surface area contributed by atoms with Crippen molar-refractivity contribution in [2.45, 2.75) is 31.9 Å². The van der Waals surface area contributed by atoms with Crippen LogP contribution >= 0.6 is 0 Å². The molecule has 2 aliphatic rings.